The first kappa shape index (κ1) is 8.55. The van der Waals surface area contributed by atoms with Crippen LogP contribution in [0.3, 0.4) is 0 Å². The van der Waals surface area contributed by atoms with E-state index < -0.39 is 0 Å². The number of rotatable bonds is 1. The van der Waals surface area contributed by atoms with Crippen LogP contribution in [-0.2, 0) is 12.8 Å². The van der Waals surface area contributed by atoms with E-state index >= 15 is 0 Å². The van der Waals surface area contributed by atoms with Crippen LogP contribution >= 0.6 is 0 Å². The molecular weight excluding hydrogens is 156 g/mol. The molecule has 0 N–H and O–H groups in total. The Morgan fingerprint density at radius 1 is 1.38 bits per heavy atom. The van der Waals surface area contributed by atoms with Crippen molar-refractivity contribution in [2.45, 2.75) is 26.7 Å². The molecular formula is C13H16. The van der Waals surface area contributed by atoms with Crippen LogP contribution in [0.2, 0.25) is 0 Å². The molecule has 0 heteroatoms. The highest BCUT2D eigenvalue weighted by atomic mass is 14.1. The van der Waals surface area contributed by atoms with Gasteiger partial charge >= 0.3 is 0 Å². The Labute approximate surface area is 80.3 Å². The maximum absolute atomic E-state index is 2.36. The Morgan fingerprint density at radius 3 is 3.00 bits per heavy atom. The van der Waals surface area contributed by atoms with Crippen LogP contribution in [0.15, 0.2) is 24.3 Å². The van der Waals surface area contributed by atoms with Gasteiger partial charge in [0.2, 0.25) is 0 Å². The highest BCUT2D eigenvalue weighted by Crippen LogP contribution is 2.23. The summed E-state index contributed by atoms with van der Waals surface area (Å²) in [7, 11) is 0. The van der Waals surface area contributed by atoms with Gasteiger partial charge in [-0.15, -0.1) is 0 Å². The van der Waals surface area contributed by atoms with E-state index in [-0.39, 0.29) is 0 Å². The van der Waals surface area contributed by atoms with Crippen molar-refractivity contribution in [3.8, 4) is 0 Å². The quantitative estimate of drug-likeness (QED) is 0.608. The number of benzene rings is 1. The van der Waals surface area contributed by atoms with Gasteiger partial charge in [0.15, 0.2) is 0 Å². The van der Waals surface area contributed by atoms with Crippen molar-refractivity contribution in [1.29, 1.82) is 0 Å². The molecule has 1 unspecified atom stereocenters. The summed E-state index contributed by atoms with van der Waals surface area (Å²) in [6, 6.07) is 6.84. The first-order valence-corrected chi connectivity index (χ1v) is 5.09. The van der Waals surface area contributed by atoms with E-state index in [0.717, 1.165) is 6.42 Å². The molecule has 0 nitrogen and oxygen atoms in total. The molecule has 0 amide bonds. The lowest BCUT2D eigenvalue weighted by Gasteiger charge is -2.16. The Morgan fingerprint density at radius 2 is 2.23 bits per heavy atom. The van der Waals surface area contributed by atoms with Gasteiger partial charge in [-0.05, 0) is 35.4 Å². The molecule has 0 saturated carbocycles. The molecule has 1 aliphatic rings. The summed E-state index contributed by atoms with van der Waals surface area (Å²) < 4.78 is 0. The summed E-state index contributed by atoms with van der Waals surface area (Å²) in [5.41, 5.74) is 4.39. The lowest BCUT2D eigenvalue weighted by Crippen LogP contribution is -2.03. The number of allylic oxidation sites excluding steroid dienone is 1. The van der Waals surface area contributed by atoms with Crippen LogP contribution in [0.1, 0.15) is 30.5 Å². The van der Waals surface area contributed by atoms with Crippen LogP contribution in [-0.4, -0.2) is 0 Å². The third-order valence-electron chi connectivity index (χ3n) is 2.76. The van der Waals surface area contributed by atoms with Gasteiger partial charge in [-0.25, -0.2) is 0 Å². The van der Waals surface area contributed by atoms with Gasteiger partial charge in [-0.2, -0.15) is 0 Å². The summed E-state index contributed by atoms with van der Waals surface area (Å²) in [5.74, 6) is 0.708. The van der Waals surface area contributed by atoms with Gasteiger partial charge < -0.3 is 0 Å². The third-order valence-corrected chi connectivity index (χ3v) is 2.76. The molecule has 1 atom stereocenters. The van der Waals surface area contributed by atoms with Crippen molar-refractivity contribution in [3.05, 3.63) is 41.0 Å². The van der Waals surface area contributed by atoms with Gasteiger partial charge in [0.05, 0.1) is 0 Å². The first-order chi connectivity index (χ1) is 6.29. The van der Waals surface area contributed by atoms with Gasteiger partial charge in [0.1, 0.15) is 0 Å². The van der Waals surface area contributed by atoms with E-state index in [4.69, 9.17) is 0 Å². The molecule has 0 aromatic heterocycles. The maximum Gasteiger partial charge on any atom is -0.0212 e. The fourth-order valence-corrected chi connectivity index (χ4v) is 1.90. The Hall–Kier alpha value is -1.04. The third kappa shape index (κ3) is 1.67. The monoisotopic (exact) mass is 172 g/mol. The second kappa shape index (κ2) is 3.37. The van der Waals surface area contributed by atoms with Gasteiger partial charge in [0, 0.05) is 0 Å². The van der Waals surface area contributed by atoms with Crippen molar-refractivity contribution in [3.63, 3.8) is 0 Å². The molecule has 0 fully saturated rings. The van der Waals surface area contributed by atoms with Gasteiger partial charge in [0.25, 0.3) is 0 Å². The van der Waals surface area contributed by atoms with Gasteiger partial charge in [-0.3, -0.25) is 0 Å². The molecule has 2 rings (SSSR count). The molecule has 68 valence electrons. The Kier molecular flexibility index (Phi) is 2.22. The topological polar surface area (TPSA) is 0 Å². The van der Waals surface area contributed by atoms with Crippen LogP contribution in [0.4, 0.5) is 0 Å². The average Bonchev–Trinajstić information content (AvgIpc) is 2.16. The second-order valence-electron chi connectivity index (χ2n) is 3.93. The molecule has 0 saturated heterocycles. The highest BCUT2D eigenvalue weighted by Gasteiger charge is 2.09. The van der Waals surface area contributed by atoms with Crippen molar-refractivity contribution in [2.75, 3.05) is 0 Å². The largest absolute Gasteiger partial charge is 0.0808 e. The van der Waals surface area contributed by atoms with E-state index in [2.05, 4.69) is 44.2 Å². The number of aryl methyl sites for hydroxylation is 1. The number of hydrogen-bond acceptors (Lipinski definition) is 0. The van der Waals surface area contributed by atoms with Gasteiger partial charge in [-0.1, -0.05) is 44.2 Å². The van der Waals surface area contributed by atoms with E-state index in [1.54, 1.807) is 0 Å². The zero-order valence-electron chi connectivity index (χ0n) is 8.38. The normalized spacial score (nSPS) is 20.0. The molecule has 0 spiro atoms. The summed E-state index contributed by atoms with van der Waals surface area (Å²) in [4.78, 5) is 0. The predicted molar refractivity (Wildman–Crippen MR) is 57.7 cm³/mol. The highest BCUT2D eigenvalue weighted by molar-refractivity contribution is 5.57. The molecule has 0 bridgehead atoms. The fraction of sp³-hybridized carbons (Fsp3) is 0.385. The zero-order valence-corrected chi connectivity index (χ0v) is 8.38. The van der Waals surface area contributed by atoms with Crippen LogP contribution in [0.25, 0.3) is 6.08 Å². The lowest BCUT2D eigenvalue weighted by atomic mass is 9.89. The molecule has 0 aliphatic heterocycles. The second-order valence-corrected chi connectivity index (χ2v) is 3.93. The lowest BCUT2D eigenvalue weighted by molar-refractivity contribution is 0.716. The van der Waals surface area contributed by atoms with E-state index in [1.165, 1.54) is 23.1 Å². The number of fused-ring (bicyclic) bond motifs is 1. The first-order valence-electron chi connectivity index (χ1n) is 5.09. The molecule has 13 heavy (non-hydrogen) atoms. The molecule has 1 aromatic rings. The minimum Gasteiger partial charge on any atom is -0.0808 e. The molecule has 0 radical (unpaired) electrons. The molecule has 1 aromatic carbocycles. The summed E-state index contributed by atoms with van der Waals surface area (Å²) in [6.45, 7) is 4.49. The van der Waals surface area contributed by atoms with Crippen LogP contribution in [0, 0.1) is 5.92 Å². The molecule has 1 aliphatic carbocycles. The molecule has 0 heterocycles. The van der Waals surface area contributed by atoms with Crippen molar-refractivity contribution in [2.24, 2.45) is 5.92 Å². The fourth-order valence-electron chi connectivity index (χ4n) is 1.90. The van der Waals surface area contributed by atoms with E-state index in [9.17, 15) is 0 Å². The van der Waals surface area contributed by atoms with Crippen LogP contribution in [0.5, 0.6) is 0 Å². The summed E-state index contributed by atoms with van der Waals surface area (Å²) in [6.07, 6.45) is 6.90. The average molecular weight is 172 g/mol. The van der Waals surface area contributed by atoms with Crippen molar-refractivity contribution in [1.82, 2.24) is 0 Å². The SMILES string of the molecule is CCc1ccc2c(c1)CC(C)C=C2. The van der Waals surface area contributed by atoms with Crippen LogP contribution < -0.4 is 0 Å². The van der Waals surface area contributed by atoms with Crippen molar-refractivity contribution >= 4 is 6.08 Å². The maximum atomic E-state index is 2.36. The Balaban J connectivity index is 2.40. The van der Waals surface area contributed by atoms with E-state index in [1.807, 2.05) is 0 Å². The summed E-state index contributed by atoms with van der Waals surface area (Å²) >= 11 is 0. The minimum atomic E-state index is 0.708. The zero-order chi connectivity index (χ0) is 9.26. The summed E-state index contributed by atoms with van der Waals surface area (Å²) in [5, 5.41) is 0. The number of hydrogen-bond donors (Lipinski definition) is 0. The van der Waals surface area contributed by atoms with E-state index in [0.29, 0.717) is 5.92 Å². The Bertz CT molecular complexity index is 334. The smallest absolute Gasteiger partial charge is 0.0212 e. The predicted octanol–water partition coefficient (Wildman–Crippen LogP) is 3.45. The minimum absolute atomic E-state index is 0.708. The van der Waals surface area contributed by atoms with Crippen molar-refractivity contribution < 1.29 is 0 Å². The standard InChI is InChI=1S/C13H16/c1-3-11-5-7-12-6-4-10(2)8-13(12)9-11/h4-7,9-10H,3,8H2,1-2H3.